The Morgan fingerprint density at radius 2 is 1.76 bits per heavy atom. The van der Waals surface area contributed by atoms with Crippen LogP contribution in [0.3, 0.4) is 0 Å². The standard InChI is InChI=1S/C22H20N6O4S2/c1-15-23-11-18(33-15)12-27-22(29)20-14-24-16(9-25-20)10-28-34(30,31)19-7-8-21(26-13-19)32-17-5-3-2-4-6-17/h2-9,11,13-14,28H,10,12H2,1H3,(H,27,29). The first-order valence-electron chi connectivity index (χ1n) is 10.1. The lowest BCUT2D eigenvalue weighted by Gasteiger charge is -2.08. The van der Waals surface area contributed by atoms with E-state index in [-0.39, 0.29) is 28.9 Å². The van der Waals surface area contributed by atoms with E-state index < -0.39 is 10.0 Å². The van der Waals surface area contributed by atoms with Crippen molar-refractivity contribution in [2.75, 3.05) is 0 Å². The summed E-state index contributed by atoms with van der Waals surface area (Å²) < 4.78 is 33.1. The molecule has 4 aromatic rings. The van der Waals surface area contributed by atoms with Crippen molar-refractivity contribution in [1.82, 2.24) is 30.0 Å². The second-order valence-electron chi connectivity index (χ2n) is 6.99. The average molecular weight is 497 g/mol. The monoisotopic (exact) mass is 496 g/mol. The number of carbonyl (C=O) groups excluding carboxylic acids is 1. The molecular formula is C22H20N6O4S2. The van der Waals surface area contributed by atoms with Crippen LogP contribution in [-0.2, 0) is 23.1 Å². The molecule has 1 amide bonds. The topological polar surface area (TPSA) is 136 Å². The van der Waals surface area contributed by atoms with Gasteiger partial charge in [-0.15, -0.1) is 11.3 Å². The molecule has 34 heavy (non-hydrogen) atoms. The molecule has 10 nitrogen and oxygen atoms in total. The maximum atomic E-state index is 12.6. The highest BCUT2D eigenvalue weighted by molar-refractivity contribution is 7.89. The van der Waals surface area contributed by atoms with Crippen LogP contribution in [0.4, 0.5) is 0 Å². The predicted octanol–water partition coefficient (Wildman–Crippen LogP) is 2.84. The molecular weight excluding hydrogens is 476 g/mol. The zero-order chi connectivity index (χ0) is 24.0. The van der Waals surface area contributed by atoms with Crippen LogP contribution in [0.25, 0.3) is 0 Å². The Balaban J connectivity index is 1.31. The number of aromatic nitrogens is 4. The third-order valence-electron chi connectivity index (χ3n) is 4.46. The van der Waals surface area contributed by atoms with Gasteiger partial charge in [0.1, 0.15) is 16.3 Å². The van der Waals surface area contributed by atoms with Gasteiger partial charge in [-0.2, -0.15) is 0 Å². The van der Waals surface area contributed by atoms with E-state index in [4.69, 9.17) is 4.74 Å². The number of sulfonamides is 1. The predicted molar refractivity (Wildman–Crippen MR) is 125 cm³/mol. The van der Waals surface area contributed by atoms with Crippen LogP contribution in [0.1, 0.15) is 26.1 Å². The first-order chi connectivity index (χ1) is 16.4. The van der Waals surface area contributed by atoms with Crippen LogP contribution in [0.5, 0.6) is 11.6 Å². The summed E-state index contributed by atoms with van der Waals surface area (Å²) in [5, 5.41) is 3.67. The Kier molecular flexibility index (Phi) is 7.21. The molecule has 0 saturated heterocycles. The highest BCUT2D eigenvalue weighted by Crippen LogP contribution is 2.20. The third kappa shape index (κ3) is 6.19. The van der Waals surface area contributed by atoms with E-state index in [1.807, 2.05) is 25.1 Å². The summed E-state index contributed by atoms with van der Waals surface area (Å²) in [6.45, 7) is 2.14. The Bertz CT molecular complexity index is 1360. The van der Waals surface area contributed by atoms with Gasteiger partial charge in [0.25, 0.3) is 5.91 Å². The van der Waals surface area contributed by atoms with Gasteiger partial charge in [-0.05, 0) is 25.1 Å². The largest absolute Gasteiger partial charge is 0.439 e. The lowest BCUT2D eigenvalue weighted by molar-refractivity contribution is 0.0946. The number of hydrogen-bond donors (Lipinski definition) is 2. The number of nitrogens with zero attached hydrogens (tertiary/aromatic N) is 4. The number of benzene rings is 1. The first-order valence-corrected chi connectivity index (χ1v) is 12.4. The minimum Gasteiger partial charge on any atom is -0.439 e. The molecule has 1 aromatic carbocycles. The number of amides is 1. The highest BCUT2D eigenvalue weighted by atomic mass is 32.2. The van der Waals surface area contributed by atoms with Gasteiger partial charge in [-0.1, -0.05) is 18.2 Å². The number of nitrogens with one attached hydrogen (secondary N) is 2. The smallest absolute Gasteiger partial charge is 0.271 e. The summed E-state index contributed by atoms with van der Waals surface area (Å²) in [5.74, 6) is 0.489. The minimum atomic E-state index is -3.83. The molecule has 4 rings (SSSR count). The van der Waals surface area contributed by atoms with Gasteiger partial charge in [0.15, 0.2) is 0 Å². The number of hydrogen-bond acceptors (Lipinski definition) is 9. The van der Waals surface area contributed by atoms with E-state index in [1.165, 1.54) is 42.1 Å². The Morgan fingerprint density at radius 3 is 2.41 bits per heavy atom. The lowest BCUT2D eigenvalue weighted by Crippen LogP contribution is -2.25. The van der Waals surface area contributed by atoms with Crippen LogP contribution in [0.2, 0.25) is 0 Å². The maximum Gasteiger partial charge on any atom is 0.271 e. The zero-order valence-electron chi connectivity index (χ0n) is 18.0. The second-order valence-corrected chi connectivity index (χ2v) is 10.1. The molecule has 0 unspecified atom stereocenters. The fourth-order valence-electron chi connectivity index (χ4n) is 2.76. The van der Waals surface area contributed by atoms with E-state index in [1.54, 1.807) is 18.3 Å². The van der Waals surface area contributed by atoms with Gasteiger partial charge in [0.05, 0.1) is 42.4 Å². The van der Waals surface area contributed by atoms with Crippen LogP contribution in [0.15, 0.2) is 72.1 Å². The fraction of sp³-hybridized carbons (Fsp3) is 0.136. The zero-order valence-corrected chi connectivity index (χ0v) is 19.6. The van der Waals surface area contributed by atoms with Crippen molar-refractivity contribution in [3.63, 3.8) is 0 Å². The molecule has 0 aliphatic heterocycles. The molecule has 0 aliphatic rings. The summed E-state index contributed by atoms with van der Waals surface area (Å²) in [7, 11) is -3.83. The molecule has 3 aromatic heterocycles. The average Bonchev–Trinajstić information content (AvgIpc) is 3.28. The minimum absolute atomic E-state index is 0.0184. The SMILES string of the molecule is Cc1ncc(CNC(=O)c2cnc(CNS(=O)(=O)c3ccc(Oc4ccccc4)nc3)cn2)s1. The molecule has 174 valence electrons. The van der Waals surface area contributed by atoms with Crippen LogP contribution < -0.4 is 14.8 Å². The summed E-state index contributed by atoms with van der Waals surface area (Å²) >= 11 is 1.50. The molecule has 0 spiro atoms. The maximum absolute atomic E-state index is 12.6. The number of para-hydroxylation sites is 1. The molecule has 3 heterocycles. The van der Waals surface area contributed by atoms with Crippen molar-refractivity contribution in [2.45, 2.75) is 24.9 Å². The van der Waals surface area contributed by atoms with Gasteiger partial charge in [0, 0.05) is 17.1 Å². The Labute approximate surface area is 200 Å². The van der Waals surface area contributed by atoms with Crippen molar-refractivity contribution >= 4 is 27.3 Å². The summed E-state index contributed by atoms with van der Waals surface area (Å²) in [6.07, 6.45) is 5.57. The van der Waals surface area contributed by atoms with E-state index in [9.17, 15) is 13.2 Å². The number of pyridine rings is 1. The fourth-order valence-corrected chi connectivity index (χ4v) is 4.43. The number of aryl methyl sites for hydroxylation is 1. The third-order valence-corrected chi connectivity index (χ3v) is 6.76. The molecule has 0 fully saturated rings. The van der Waals surface area contributed by atoms with E-state index in [2.05, 4.69) is 30.0 Å². The van der Waals surface area contributed by atoms with Crippen LogP contribution >= 0.6 is 11.3 Å². The molecule has 0 aliphatic carbocycles. The van der Waals surface area contributed by atoms with Crippen molar-refractivity contribution in [3.05, 3.63) is 88.5 Å². The Morgan fingerprint density at radius 1 is 0.941 bits per heavy atom. The van der Waals surface area contributed by atoms with Gasteiger partial charge >= 0.3 is 0 Å². The Hall–Kier alpha value is -3.74. The summed E-state index contributed by atoms with van der Waals surface area (Å²) in [5.41, 5.74) is 0.487. The molecule has 0 saturated carbocycles. The molecule has 2 N–H and O–H groups in total. The number of carbonyl (C=O) groups is 1. The number of ether oxygens (including phenoxy) is 1. The van der Waals surface area contributed by atoms with Gasteiger partial charge < -0.3 is 10.1 Å². The molecule has 0 atom stereocenters. The van der Waals surface area contributed by atoms with Crippen molar-refractivity contribution in [1.29, 1.82) is 0 Å². The molecule has 12 heteroatoms. The number of rotatable bonds is 9. The summed E-state index contributed by atoms with van der Waals surface area (Å²) in [4.78, 5) is 29.5. The van der Waals surface area contributed by atoms with Crippen molar-refractivity contribution < 1.29 is 17.9 Å². The van der Waals surface area contributed by atoms with Gasteiger partial charge in [-0.3, -0.25) is 9.78 Å². The van der Waals surface area contributed by atoms with E-state index >= 15 is 0 Å². The highest BCUT2D eigenvalue weighted by Gasteiger charge is 2.16. The molecule has 0 radical (unpaired) electrons. The van der Waals surface area contributed by atoms with Crippen molar-refractivity contribution in [2.24, 2.45) is 0 Å². The van der Waals surface area contributed by atoms with E-state index in [0.29, 0.717) is 18.0 Å². The van der Waals surface area contributed by atoms with E-state index in [0.717, 1.165) is 9.88 Å². The lowest BCUT2D eigenvalue weighted by atomic mass is 10.3. The van der Waals surface area contributed by atoms with Crippen LogP contribution in [-0.4, -0.2) is 34.3 Å². The van der Waals surface area contributed by atoms with Gasteiger partial charge in [0.2, 0.25) is 15.9 Å². The number of thiazole rings is 1. The van der Waals surface area contributed by atoms with Crippen molar-refractivity contribution in [3.8, 4) is 11.6 Å². The first kappa shape index (κ1) is 23.4. The van der Waals surface area contributed by atoms with Crippen LogP contribution in [0, 0.1) is 6.92 Å². The summed E-state index contributed by atoms with van der Waals surface area (Å²) in [6, 6.07) is 11.9. The second kappa shape index (κ2) is 10.5. The quantitative estimate of drug-likeness (QED) is 0.361. The van der Waals surface area contributed by atoms with Gasteiger partial charge in [-0.25, -0.2) is 28.1 Å². The molecule has 0 bridgehead atoms. The normalized spacial score (nSPS) is 11.2.